The molecule has 2 N–H and O–H groups in total. The van der Waals surface area contributed by atoms with Crippen LogP contribution in [0.2, 0.25) is 0 Å². The first-order valence-electron chi connectivity index (χ1n) is 9.30. The first-order valence-corrected chi connectivity index (χ1v) is 10.7. The van der Waals surface area contributed by atoms with E-state index in [4.69, 9.17) is 4.74 Å². The van der Waals surface area contributed by atoms with Crippen LogP contribution in [-0.4, -0.2) is 56.4 Å². The number of hydrogen-bond donors (Lipinski definition) is 2. The standard InChI is InChI=1S/C18H23F2N3O6S/c1-3-21-18(26)22-16(24)11(2)29-17(25)12-6-8-23(9-7-12)30(27,28)15-10-13(19)4-5-14(15)20/h4-5,10-12H,3,6-9H2,1-2H3,(H2,21,22,24,26). The van der Waals surface area contributed by atoms with Gasteiger partial charge in [-0.25, -0.2) is 22.0 Å². The van der Waals surface area contributed by atoms with Crippen molar-refractivity contribution in [3.63, 3.8) is 0 Å². The summed E-state index contributed by atoms with van der Waals surface area (Å²) in [6, 6.07) is 1.45. The van der Waals surface area contributed by atoms with Crippen molar-refractivity contribution in [3.05, 3.63) is 29.8 Å². The molecular weight excluding hydrogens is 424 g/mol. The molecule has 12 heteroatoms. The topological polar surface area (TPSA) is 122 Å². The number of hydrogen-bond acceptors (Lipinski definition) is 6. The number of sulfonamides is 1. The van der Waals surface area contributed by atoms with E-state index in [0.717, 1.165) is 16.4 Å². The Labute approximate surface area is 172 Å². The van der Waals surface area contributed by atoms with Crippen molar-refractivity contribution in [2.45, 2.75) is 37.7 Å². The van der Waals surface area contributed by atoms with Crippen LogP contribution in [-0.2, 0) is 24.3 Å². The van der Waals surface area contributed by atoms with E-state index in [1.807, 2.05) is 5.32 Å². The predicted molar refractivity (Wildman–Crippen MR) is 101 cm³/mol. The van der Waals surface area contributed by atoms with Crippen LogP contribution in [0.1, 0.15) is 26.7 Å². The van der Waals surface area contributed by atoms with Gasteiger partial charge in [0.1, 0.15) is 16.5 Å². The molecule has 0 aliphatic carbocycles. The number of nitrogens with zero attached hydrogens (tertiary/aromatic N) is 1. The number of benzene rings is 1. The van der Waals surface area contributed by atoms with Crippen LogP contribution >= 0.6 is 0 Å². The summed E-state index contributed by atoms with van der Waals surface area (Å²) in [7, 11) is -4.26. The zero-order chi connectivity index (χ0) is 22.5. The molecule has 1 unspecified atom stereocenters. The van der Waals surface area contributed by atoms with Crippen molar-refractivity contribution in [1.82, 2.24) is 14.9 Å². The summed E-state index contributed by atoms with van der Waals surface area (Å²) in [4.78, 5) is 34.7. The molecule has 0 radical (unpaired) electrons. The van der Waals surface area contributed by atoms with Gasteiger partial charge in [0, 0.05) is 19.6 Å². The predicted octanol–water partition coefficient (Wildman–Crippen LogP) is 1.14. The fraction of sp³-hybridized carbons (Fsp3) is 0.500. The molecule has 1 aliphatic rings. The molecular formula is C18H23F2N3O6S. The van der Waals surface area contributed by atoms with Gasteiger partial charge in [-0.1, -0.05) is 0 Å². The normalized spacial score (nSPS) is 16.5. The maximum absolute atomic E-state index is 13.9. The second-order valence-corrected chi connectivity index (χ2v) is 8.59. The smallest absolute Gasteiger partial charge is 0.321 e. The molecule has 30 heavy (non-hydrogen) atoms. The molecule has 1 aromatic rings. The number of halogens is 2. The van der Waals surface area contributed by atoms with E-state index < -0.39 is 56.5 Å². The van der Waals surface area contributed by atoms with Crippen LogP contribution < -0.4 is 10.6 Å². The highest BCUT2D eigenvalue weighted by molar-refractivity contribution is 7.89. The fourth-order valence-corrected chi connectivity index (χ4v) is 4.43. The minimum absolute atomic E-state index is 0.0830. The average Bonchev–Trinajstić information content (AvgIpc) is 2.69. The lowest BCUT2D eigenvalue weighted by Crippen LogP contribution is -2.46. The van der Waals surface area contributed by atoms with Crippen molar-refractivity contribution in [3.8, 4) is 0 Å². The third kappa shape index (κ3) is 5.72. The molecule has 3 amide bonds. The third-order valence-electron chi connectivity index (χ3n) is 4.53. The number of carbonyl (C=O) groups excluding carboxylic acids is 3. The van der Waals surface area contributed by atoms with E-state index in [0.29, 0.717) is 12.6 Å². The van der Waals surface area contributed by atoms with Gasteiger partial charge in [0.15, 0.2) is 6.10 Å². The molecule has 0 saturated carbocycles. The summed E-state index contributed by atoms with van der Waals surface area (Å²) in [5.74, 6) is -4.12. The van der Waals surface area contributed by atoms with Gasteiger partial charge in [0.05, 0.1) is 5.92 Å². The molecule has 2 rings (SSSR count). The molecule has 1 atom stereocenters. The fourth-order valence-electron chi connectivity index (χ4n) is 2.89. The van der Waals surface area contributed by atoms with Gasteiger partial charge in [-0.2, -0.15) is 4.31 Å². The van der Waals surface area contributed by atoms with E-state index in [1.54, 1.807) is 6.92 Å². The van der Waals surface area contributed by atoms with Gasteiger partial charge in [-0.15, -0.1) is 0 Å². The summed E-state index contributed by atoms with van der Waals surface area (Å²) in [5.41, 5.74) is 0. The Morgan fingerprint density at radius 3 is 2.47 bits per heavy atom. The largest absolute Gasteiger partial charge is 0.452 e. The van der Waals surface area contributed by atoms with E-state index in [1.165, 1.54) is 6.92 Å². The molecule has 1 saturated heterocycles. The number of nitrogens with one attached hydrogen (secondary N) is 2. The monoisotopic (exact) mass is 447 g/mol. The summed E-state index contributed by atoms with van der Waals surface area (Å²) >= 11 is 0. The maximum atomic E-state index is 13.9. The van der Waals surface area contributed by atoms with Gasteiger partial charge in [-0.05, 0) is 44.9 Å². The number of rotatable bonds is 6. The zero-order valence-corrected chi connectivity index (χ0v) is 17.3. The molecule has 1 aliphatic heterocycles. The molecule has 9 nitrogen and oxygen atoms in total. The van der Waals surface area contributed by atoms with E-state index in [-0.39, 0.29) is 25.9 Å². The number of esters is 1. The number of amides is 3. The quantitative estimate of drug-likeness (QED) is 0.631. The third-order valence-corrected chi connectivity index (χ3v) is 6.45. The van der Waals surface area contributed by atoms with Gasteiger partial charge in [0.25, 0.3) is 5.91 Å². The summed E-state index contributed by atoms with van der Waals surface area (Å²) < 4.78 is 58.4. The van der Waals surface area contributed by atoms with E-state index in [2.05, 4.69) is 5.32 Å². The number of carbonyl (C=O) groups is 3. The molecule has 1 fully saturated rings. The lowest BCUT2D eigenvalue weighted by Gasteiger charge is -2.30. The van der Waals surface area contributed by atoms with Crippen molar-refractivity contribution in [2.24, 2.45) is 5.92 Å². The second-order valence-electron chi connectivity index (χ2n) is 6.68. The minimum Gasteiger partial charge on any atom is -0.452 e. The zero-order valence-electron chi connectivity index (χ0n) is 16.5. The highest BCUT2D eigenvalue weighted by atomic mass is 32.2. The van der Waals surface area contributed by atoms with Gasteiger partial charge >= 0.3 is 12.0 Å². The average molecular weight is 447 g/mol. The van der Waals surface area contributed by atoms with Crippen LogP contribution in [0.4, 0.5) is 13.6 Å². The Hall–Kier alpha value is -2.60. The van der Waals surface area contributed by atoms with Crippen molar-refractivity contribution < 1.29 is 36.3 Å². The number of ether oxygens (including phenoxy) is 1. The Morgan fingerprint density at radius 1 is 1.23 bits per heavy atom. The van der Waals surface area contributed by atoms with Gasteiger partial charge in [0.2, 0.25) is 10.0 Å². The second kappa shape index (κ2) is 9.94. The lowest BCUT2D eigenvalue weighted by molar-refractivity contribution is -0.159. The van der Waals surface area contributed by atoms with Crippen molar-refractivity contribution in [1.29, 1.82) is 0 Å². The maximum Gasteiger partial charge on any atom is 0.321 e. The van der Waals surface area contributed by atoms with Crippen molar-refractivity contribution >= 4 is 27.9 Å². The van der Waals surface area contributed by atoms with Crippen LogP contribution in [0.15, 0.2) is 23.1 Å². The lowest BCUT2D eigenvalue weighted by atomic mass is 9.98. The van der Waals surface area contributed by atoms with Gasteiger partial charge in [-0.3, -0.25) is 14.9 Å². The highest BCUT2D eigenvalue weighted by Crippen LogP contribution is 2.26. The Morgan fingerprint density at radius 2 is 1.87 bits per heavy atom. The highest BCUT2D eigenvalue weighted by Gasteiger charge is 2.35. The Balaban J connectivity index is 1.93. The van der Waals surface area contributed by atoms with Crippen LogP contribution in [0.3, 0.4) is 0 Å². The number of urea groups is 1. The molecule has 0 aromatic heterocycles. The number of imide groups is 1. The number of piperidine rings is 1. The first-order chi connectivity index (χ1) is 14.1. The summed E-state index contributed by atoms with van der Waals surface area (Å²) in [6.07, 6.45) is -1.05. The van der Waals surface area contributed by atoms with E-state index >= 15 is 0 Å². The Kier molecular flexibility index (Phi) is 7.84. The SMILES string of the molecule is CCNC(=O)NC(=O)C(C)OC(=O)C1CCN(S(=O)(=O)c2cc(F)ccc2F)CC1. The molecule has 0 spiro atoms. The first kappa shape index (κ1) is 23.7. The molecule has 166 valence electrons. The van der Waals surface area contributed by atoms with Crippen LogP contribution in [0.25, 0.3) is 0 Å². The van der Waals surface area contributed by atoms with E-state index in [9.17, 15) is 31.6 Å². The summed E-state index contributed by atoms with van der Waals surface area (Å²) in [5, 5.41) is 4.39. The Bertz CT molecular complexity index is 916. The molecule has 0 bridgehead atoms. The van der Waals surface area contributed by atoms with Crippen molar-refractivity contribution in [2.75, 3.05) is 19.6 Å². The molecule has 1 heterocycles. The minimum atomic E-state index is -4.26. The van der Waals surface area contributed by atoms with Gasteiger partial charge < -0.3 is 10.1 Å². The summed E-state index contributed by atoms with van der Waals surface area (Å²) in [6.45, 7) is 3.09. The van der Waals surface area contributed by atoms with Crippen LogP contribution in [0, 0.1) is 17.6 Å². The molecule has 1 aromatic carbocycles. The van der Waals surface area contributed by atoms with Crippen LogP contribution in [0.5, 0.6) is 0 Å².